The molecule has 2 atom stereocenters. The molecule has 2 rings (SSSR count). The molecule has 0 aliphatic carbocycles. The molecular formula is C20H27N3O5. The van der Waals surface area contributed by atoms with Crippen molar-refractivity contribution in [2.75, 3.05) is 0 Å². The minimum atomic E-state index is -1.20. The summed E-state index contributed by atoms with van der Waals surface area (Å²) in [6, 6.07) is 7.58. The summed E-state index contributed by atoms with van der Waals surface area (Å²) >= 11 is 0. The Bertz CT molecular complexity index is 841. The summed E-state index contributed by atoms with van der Waals surface area (Å²) in [5.41, 5.74) is 0.782. The largest absolute Gasteiger partial charge is 0.480 e. The number of hydrogen-bond donors (Lipinski definition) is 3. The monoisotopic (exact) mass is 389 g/mol. The summed E-state index contributed by atoms with van der Waals surface area (Å²) in [7, 11) is 0. The second-order valence-corrected chi connectivity index (χ2v) is 7.24. The van der Waals surface area contributed by atoms with E-state index in [1.807, 2.05) is 44.2 Å². The number of nitrogens with zero attached hydrogens (tertiary/aromatic N) is 2. The van der Waals surface area contributed by atoms with Gasteiger partial charge in [-0.25, -0.2) is 4.79 Å². The minimum absolute atomic E-state index is 0.0878. The van der Waals surface area contributed by atoms with Crippen LogP contribution in [0.4, 0.5) is 0 Å². The van der Waals surface area contributed by atoms with Crippen LogP contribution in [0.25, 0.3) is 0 Å². The smallest absolute Gasteiger partial charge is 0.328 e. The first-order valence-corrected chi connectivity index (χ1v) is 9.29. The number of benzene rings is 1. The van der Waals surface area contributed by atoms with Crippen molar-refractivity contribution in [2.24, 2.45) is 5.92 Å². The van der Waals surface area contributed by atoms with Gasteiger partial charge in [-0.3, -0.25) is 24.0 Å². The van der Waals surface area contributed by atoms with Gasteiger partial charge in [-0.05, 0) is 24.3 Å². The molecule has 0 fully saturated rings. The average molecular weight is 389 g/mol. The maximum absolute atomic E-state index is 12.5. The van der Waals surface area contributed by atoms with Crippen LogP contribution in [0.3, 0.4) is 0 Å². The Balaban J connectivity index is 2.06. The Kier molecular flexibility index (Phi) is 7.57. The molecule has 0 saturated heterocycles. The van der Waals surface area contributed by atoms with Gasteiger partial charge in [0.15, 0.2) is 0 Å². The van der Waals surface area contributed by atoms with E-state index in [-0.39, 0.29) is 18.2 Å². The van der Waals surface area contributed by atoms with Gasteiger partial charge in [-0.1, -0.05) is 44.2 Å². The maximum Gasteiger partial charge on any atom is 0.328 e. The number of aliphatic carboxylic acids is 2. The van der Waals surface area contributed by atoms with Crippen LogP contribution in [0.5, 0.6) is 0 Å². The predicted molar refractivity (Wildman–Crippen MR) is 104 cm³/mol. The van der Waals surface area contributed by atoms with Crippen LogP contribution in [0.2, 0.25) is 0 Å². The molecule has 152 valence electrons. The quantitative estimate of drug-likeness (QED) is 0.536. The van der Waals surface area contributed by atoms with Crippen LogP contribution in [-0.4, -0.2) is 43.4 Å². The van der Waals surface area contributed by atoms with Gasteiger partial charge in [-0.15, -0.1) is 0 Å². The molecule has 8 heteroatoms. The summed E-state index contributed by atoms with van der Waals surface area (Å²) in [5.74, 6) is -2.21. The number of imidazole rings is 1. The second kappa shape index (κ2) is 9.89. The van der Waals surface area contributed by atoms with E-state index < -0.39 is 24.0 Å². The normalized spacial score (nSPS) is 13.4. The molecule has 8 nitrogen and oxygen atoms in total. The Morgan fingerprint density at radius 1 is 1.00 bits per heavy atom. The van der Waals surface area contributed by atoms with E-state index in [9.17, 15) is 24.6 Å². The third-order valence-corrected chi connectivity index (χ3v) is 4.49. The van der Waals surface area contributed by atoms with Crippen molar-refractivity contribution in [1.82, 2.24) is 14.5 Å². The summed E-state index contributed by atoms with van der Waals surface area (Å²) < 4.78 is 2.82. The van der Waals surface area contributed by atoms with E-state index in [1.165, 1.54) is 15.3 Å². The van der Waals surface area contributed by atoms with Crippen molar-refractivity contribution in [1.29, 1.82) is 0 Å². The molecule has 28 heavy (non-hydrogen) atoms. The first-order chi connectivity index (χ1) is 13.3. The topological polar surface area (TPSA) is 114 Å². The lowest BCUT2D eigenvalue weighted by molar-refractivity contribution is -0.143. The zero-order valence-corrected chi connectivity index (χ0v) is 16.1. The lowest BCUT2D eigenvalue weighted by Crippen LogP contribution is -2.50. The van der Waals surface area contributed by atoms with Gasteiger partial charge < -0.3 is 10.2 Å². The molecule has 0 aliphatic rings. The van der Waals surface area contributed by atoms with Crippen LogP contribution >= 0.6 is 0 Å². The molecule has 3 N–H and O–H groups in total. The van der Waals surface area contributed by atoms with E-state index in [0.29, 0.717) is 19.4 Å². The number of carboxylic acid groups (broad SMARTS) is 2. The second-order valence-electron chi connectivity index (χ2n) is 7.24. The SMILES string of the molecule is CC(C)CC(NC(Cn1ccn(CCc2ccccc2)c1=O)C(=O)O)C(=O)O. The first kappa shape index (κ1) is 21.4. The summed E-state index contributed by atoms with van der Waals surface area (Å²) in [6.07, 6.45) is 4.13. The molecule has 1 heterocycles. The van der Waals surface area contributed by atoms with E-state index >= 15 is 0 Å². The van der Waals surface area contributed by atoms with E-state index in [0.717, 1.165) is 5.56 Å². The molecule has 2 aromatic rings. The maximum atomic E-state index is 12.5. The Labute approximate surface area is 163 Å². The van der Waals surface area contributed by atoms with Crippen molar-refractivity contribution in [2.45, 2.75) is 51.9 Å². The summed E-state index contributed by atoms with van der Waals surface area (Å²) in [5, 5.41) is 21.5. The Hall–Kier alpha value is -2.87. The number of aryl methyl sites for hydroxylation is 2. The Morgan fingerprint density at radius 3 is 2.18 bits per heavy atom. The average Bonchev–Trinajstić information content (AvgIpc) is 2.98. The molecule has 0 aliphatic heterocycles. The molecule has 1 aromatic heterocycles. The van der Waals surface area contributed by atoms with E-state index in [2.05, 4.69) is 5.32 Å². The lowest BCUT2D eigenvalue weighted by atomic mass is 10.0. The zero-order chi connectivity index (χ0) is 20.7. The highest BCUT2D eigenvalue weighted by molar-refractivity contribution is 5.77. The number of rotatable bonds is 11. The van der Waals surface area contributed by atoms with Crippen LogP contribution < -0.4 is 11.0 Å². The van der Waals surface area contributed by atoms with Crippen LogP contribution in [-0.2, 0) is 29.1 Å². The predicted octanol–water partition coefficient (Wildman–Crippen LogP) is 1.43. The van der Waals surface area contributed by atoms with Gasteiger partial charge >= 0.3 is 17.6 Å². The number of hydrogen-bond acceptors (Lipinski definition) is 4. The number of nitrogens with one attached hydrogen (secondary N) is 1. The molecule has 0 saturated carbocycles. The van der Waals surface area contributed by atoms with Crippen LogP contribution in [0, 0.1) is 5.92 Å². The molecule has 2 unspecified atom stereocenters. The van der Waals surface area contributed by atoms with Gasteiger partial charge in [0, 0.05) is 18.9 Å². The highest BCUT2D eigenvalue weighted by Gasteiger charge is 2.27. The van der Waals surface area contributed by atoms with Crippen LogP contribution in [0.1, 0.15) is 25.8 Å². The van der Waals surface area contributed by atoms with Gasteiger partial charge in [0.25, 0.3) is 0 Å². The number of carbonyl (C=O) groups is 2. The molecule has 0 radical (unpaired) electrons. The fourth-order valence-corrected chi connectivity index (χ4v) is 3.01. The third kappa shape index (κ3) is 6.09. The third-order valence-electron chi connectivity index (χ3n) is 4.49. The van der Waals surface area contributed by atoms with Crippen molar-refractivity contribution < 1.29 is 19.8 Å². The molecule has 1 aromatic carbocycles. The highest BCUT2D eigenvalue weighted by atomic mass is 16.4. The fraction of sp³-hybridized carbons (Fsp3) is 0.450. The fourth-order valence-electron chi connectivity index (χ4n) is 3.01. The van der Waals surface area contributed by atoms with Gasteiger partial charge in [0.05, 0.1) is 6.54 Å². The number of carboxylic acids is 2. The molecule has 0 bridgehead atoms. The summed E-state index contributed by atoms with van der Waals surface area (Å²) in [4.78, 5) is 35.5. The van der Waals surface area contributed by atoms with Crippen LogP contribution in [0.15, 0.2) is 47.5 Å². The highest BCUT2D eigenvalue weighted by Crippen LogP contribution is 2.07. The van der Waals surface area contributed by atoms with E-state index in [1.54, 1.807) is 6.20 Å². The summed E-state index contributed by atoms with van der Waals surface area (Å²) in [6.45, 7) is 4.07. The lowest BCUT2D eigenvalue weighted by Gasteiger charge is -2.21. The minimum Gasteiger partial charge on any atom is -0.480 e. The van der Waals surface area contributed by atoms with E-state index in [4.69, 9.17) is 0 Å². The first-order valence-electron chi connectivity index (χ1n) is 9.29. The molecular weight excluding hydrogens is 362 g/mol. The van der Waals surface area contributed by atoms with Gasteiger partial charge in [-0.2, -0.15) is 0 Å². The van der Waals surface area contributed by atoms with Gasteiger partial charge in [0.1, 0.15) is 12.1 Å². The van der Waals surface area contributed by atoms with Gasteiger partial charge in [0.2, 0.25) is 0 Å². The zero-order valence-electron chi connectivity index (χ0n) is 16.1. The van der Waals surface area contributed by atoms with Crippen molar-refractivity contribution in [3.63, 3.8) is 0 Å². The van der Waals surface area contributed by atoms with Crippen molar-refractivity contribution in [3.05, 3.63) is 58.8 Å². The molecule has 0 amide bonds. The number of aromatic nitrogens is 2. The molecule has 0 spiro atoms. The van der Waals surface area contributed by atoms with Crippen molar-refractivity contribution in [3.8, 4) is 0 Å². The van der Waals surface area contributed by atoms with Crippen molar-refractivity contribution >= 4 is 11.9 Å². The standard InChI is InChI=1S/C20H27N3O5/c1-14(2)12-16(18(24)25)21-17(19(26)27)13-23-11-10-22(20(23)28)9-8-15-6-4-3-5-7-15/h3-7,10-11,14,16-17,21H,8-9,12-13H2,1-2H3,(H,24,25)(H,26,27). The Morgan fingerprint density at radius 2 is 1.61 bits per heavy atom.